The van der Waals surface area contributed by atoms with E-state index in [9.17, 15) is 9.59 Å². The predicted molar refractivity (Wildman–Crippen MR) is 84.9 cm³/mol. The first-order chi connectivity index (χ1) is 9.99. The monoisotopic (exact) mass is 293 g/mol. The number of hydrogen-bond donors (Lipinski definition) is 1. The Morgan fingerprint density at radius 3 is 2.33 bits per heavy atom. The van der Waals surface area contributed by atoms with Crippen molar-refractivity contribution in [3.05, 3.63) is 34.2 Å². The van der Waals surface area contributed by atoms with Crippen LogP contribution in [0.2, 0.25) is 0 Å². The van der Waals surface area contributed by atoms with Gasteiger partial charge >= 0.3 is 0 Å². The van der Waals surface area contributed by atoms with Crippen LogP contribution in [0.5, 0.6) is 0 Å². The second kappa shape index (κ2) is 7.98. The van der Waals surface area contributed by atoms with E-state index in [1.165, 1.54) is 0 Å². The van der Waals surface area contributed by atoms with Gasteiger partial charge in [0, 0.05) is 45.4 Å². The summed E-state index contributed by atoms with van der Waals surface area (Å²) in [5.74, 6) is 0.502. The summed E-state index contributed by atoms with van der Waals surface area (Å²) >= 11 is 0. The third-order valence-corrected chi connectivity index (χ3v) is 3.99. The summed E-state index contributed by atoms with van der Waals surface area (Å²) in [6, 6.07) is 3.30. The molecule has 1 fully saturated rings. The minimum atomic E-state index is -0.0686. The van der Waals surface area contributed by atoms with Crippen molar-refractivity contribution < 1.29 is 4.79 Å². The van der Waals surface area contributed by atoms with Gasteiger partial charge in [0.2, 0.25) is 11.5 Å². The minimum Gasteiger partial charge on any atom is -0.343 e. The molecule has 1 aliphatic heterocycles. The third-order valence-electron chi connectivity index (χ3n) is 3.99. The maximum absolute atomic E-state index is 11.4. The van der Waals surface area contributed by atoms with Crippen LogP contribution in [0, 0.1) is 5.92 Å². The van der Waals surface area contributed by atoms with Crippen LogP contribution in [-0.4, -0.2) is 28.5 Å². The molecule has 0 radical (unpaired) electrons. The van der Waals surface area contributed by atoms with Crippen molar-refractivity contribution in [1.29, 1.82) is 0 Å². The van der Waals surface area contributed by atoms with E-state index in [0.717, 1.165) is 31.5 Å². The van der Waals surface area contributed by atoms with E-state index < -0.39 is 0 Å². The normalized spacial score (nSPS) is 16.9. The summed E-state index contributed by atoms with van der Waals surface area (Å²) in [6.07, 6.45) is 3.65. The summed E-state index contributed by atoms with van der Waals surface area (Å²) in [5.41, 5.74) is 7.26. The molecule has 1 aliphatic rings. The first-order valence-corrected chi connectivity index (χ1v) is 7.66. The molecule has 0 saturated carbocycles. The minimum absolute atomic E-state index is 0.0256. The van der Waals surface area contributed by atoms with E-state index in [2.05, 4.69) is 0 Å². The van der Waals surface area contributed by atoms with E-state index in [4.69, 9.17) is 5.73 Å². The lowest BCUT2D eigenvalue weighted by atomic mass is 9.86. The third kappa shape index (κ3) is 4.43. The average molecular weight is 293 g/mol. The summed E-state index contributed by atoms with van der Waals surface area (Å²) in [7, 11) is 1.73. The van der Waals surface area contributed by atoms with Gasteiger partial charge in [0.25, 0.3) is 0 Å². The highest BCUT2D eigenvalue weighted by Crippen LogP contribution is 2.28. The van der Waals surface area contributed by atoms with Gasteiger partial charge in [-0.2, -0.15) is 0 Å². The van der Waals surface area contributed by atoms with Crippen LogP contribution >= 0.6 is 0 Å². The lowest BCUT2D eigenvalue weighted by molar-refractivity contribution is -0.130. The van der Waals surface area contributed by atoms with Crippen LogP contribution in [0.3, 0.4) is 0 Å². The first-order valence-electron chi connectivity index (χ1n) is 7.66. The molecule has 1 aromatic heterocycles. The Bertz CT molecular complexity index is 516. The van der Waals surface area contributed by atoms with E-state index in [1.54, 1.807) is 24.6 Å². The number of pyridine rings is 1. The molecule has 1 atom stereocenters. The molecule has 5 nitrogen and oxygen atoms in total. The number of aryl methyl sites for hydroxylation is 1. The van der Waals surface area contributed by atoms with Crippen LogP contribution < -0.4 is 11.3 Å². The maximum atomic E-state index is 11.4. The molecule has 1 amide bonds. The first kappa shape index (κ1) is 17.4. The van der Waals surface area contributed by atoms with Crippen molar-refractivity contribution in [3.63, 3.8) is 0 Å². The molecule has 0 aromatic carbocycles. The number of likely N-dealkylation sites (tertiary alicyclic amines) is 1. The summed E-state index contributed by atoms with van der Waals surface area (Å²) < 4.78 is 1.56. The Hall–Kier alpha value is -1.62. The van der Waals surface area contributed by atoms with Crippen molar-refractivity contribution in [2.24, 2.45) is 18.7 Å². The van der Waals surface area contributed by atoms with E-state index in [-0.39, 0.29) is 17.5 Å². The molecule has 2 rings (SSSR count). The number of nitrogens with zero attached hydrogens (tertiary/aromatic N) is 2. The fourth-order valence-electron chi connectivity index (χ4n) is 2.66. The number of rotatable bonds is 2. The number of amides is 1. The van der Waals surface area contributed by atoms with E-state index >= 15 is 0 Å². The second-order valence-corrected chi connectivity index (χ2v) is 5.28. The average Bonchev–Trinajstić information content (AvgIpc) is 2.51. The zero-order valence-corrected chi connectivity index (χ0v) is 13.5. The van der Waals surface area contributed by atoms with Crippen LogP contribution in [-0.2, 0) is 11.8 Å². The fraction of sp³-hybridized carbons (Fsp3) is 0.625. The molecule has 2 N–H and O–H groups in total. The zero-order chi connectivity index (χ0) is 16.0. The van der Waals surface area contributed by atoms with Crippen molar-refractivity contribution in [1.82, 2.24) is 9.47 Å². The number of carbonyl (C=O) groups is 1. The van der Waals surface area contributed by atoms with Gasteiger partial charge < -0.3 is 15.2 Å². The smallest absolute Gasteiger partial charge is 0.250 e. The summed E-state index contributed by atoms with van der Waals surface area (Å²) in [6.45, 7) is 7.16. The standard InChI is InChI=1S/C14H21N3O2.C2H6/c1-10(18)17-7-5-11(6-8-17)14(15)12-3-4-13(19)16(2)9-12;1-2/h3-4,9,11,14H,5-8,15H2,1-2H3;1-2H3. The largest absolute Gasteiger partial charge is 0.343 e. The van der Waals surface area contributed by atoms with Gasteiger partial charge in [0.15, 0.2) is 0 Å². The van der Waals surface area contributed by atoms with Gasteiger partial charge in [0.1, 0.15) is 0 Å². The number of hydrogen-bond acceptors (Lipinski definition) is 3. The molecule has 2 heterocycles. The van der Waals surface area contributed by atoms with Crippen molar-refractivity contribution in [2.75, 3.05) is 13.1 Å². The number of piperidine rings is 1. The topological polar surface area (TPSA) is 68.3 Å². The Morgan fingerprint density at radius 1 is 1.29 bits per heavy atom. The summed E-state index contributed by atoms with van der Waals surface area (Å²) in [5, 5.41) is 0. The predicted octanol–water partition coefficient (Wildman–Crippen LogP) is 1.67. The van der Waals surface area contributed by atoms with E-state index in [1.807, 2.05) is 31.0 Å². The van der Waals surface area contributed by atoms with Crippen molar-refractivity contribution in [2.45, 2.75) is 39.7 Å². The molecule has 1 aromatic rings. The molecular formula is C16H27N3O2. The van der Waals surface area contributed by atoms with Crippen LogP contribution in [0.1, 0.15) is 45.2 Å². The number of nitrogens with two attached hydrogens (primary N) is 1. The van der Waals surface area contributed by atoms with Crippen LogP contribution in [0.25, 0.3) is 0 Å². The van der Waals surface area contributed by atoms with Crippen LogP contribution in [0.15, 0.2) is 23.1 Å². The Morgan fingerprint density at radius 2 is 1.86 bits per heavy atom. The lowest BCUT2D eigenvalue weighted by Gasteiger charge is -2.34. The SMILES string of the molecule is CC.CC(=O)N1CCC(C(N)c2ccc(=O)n(C)c2)CC1. The Kier molecular flexibility index (Phi) is 6.62. The molecule has 0 bridgehead atoms. The van der Waals surface area contributed by atoms with Gasteiger partial charge in [-0.15, -0.1) is 0 Å². The molecule has 0 spiro atoms. The second-order valence-electron chi connectivity index (χ2n) is 5.28. The molecule has 0 aliphatic carbocycles. The molecule has 118 valence electrons. The molecular weight excluding hydrogens is 266 g/mol. The van der Waals surface area contributed by atoms with Crippen LogP contribution in [0.4, 0.5) is 0 Å². The fourth-order valence-corrected chi connectivity index (χ4v) is 2.66. The van der Waals surface area contributed by atoms with E-state index in [0.29, 0.717) is 5.92 Å². The molecule has 1 unspecified atom stereocenters. The Balaban J connectivity index is 0.00000106. The number of aromatic nitrogens is 1. The quantitative estimate of drug-likeness (QED) is 0.902. The van der Waals surface area contributed by atoms with Gasteiger partial charge in [-0.05, 0) is 24.3 Å². The molecule has 21 heavy (non-hydrogen) atoms. The van der Waals surface area contributed by atoms with Crippen molar-refractivity contribution in [3.8, 4) is 0 Å². The molecule has 5 heteroatoms. The van der Waals surface area contributed by atoms with Gasteiger partial charge in [-0.25, -0.2) is 0 Å². The highest BCUT2D eigenvalue weighted by atomic mass is 16.2. The Labute approximate surface area is 126 Å². The highest BCUT2D eigenvalue weighted by molar-refractivity contribution is 5.73. The van der Waals surface area contributed by atoms with Gasteiger partial charge in [-0.3, -0.25) is 9.59 Å². The molecule has 1 saturated heterocycles. The number of carbonyl (C=O) groups excluding carboxylic acids is 1. The maximum Gasteiger partial charge on any atom is 0.250 e. The lowest BCUT2D eigenvalue weighted by Crippen LogP contribution is -2.40. The summed E-state index contributed by atoms with van der Waals surface area (Å²) in [4.78, 5) is 24.5. The van der Waals surface area contributed by atoms with Gasteiger partial charge in [0.05, 0.1) is 0 Å². The highest BCUT2D eigenvalue weighted by Gasteiger charge is 2.26. The zero-order valence-electron chi connectivity index (χ0n) is 13.5. The van der Waals surface area contributed by atoms with Gasteiger partial charge in [-0.1, -0.05) is 19.9 Å². The van der Waals surface area contributed by atoms with Crippen molar-refractivity contribution >= 4 is 5.91 Å².